The lowest BCUT2D eigenvalue weighted by Crippen LogP contribution is -2.28. The van der Waals surface area contributed by atoms with Gasteiger partial charge < -0.3 is 11.1 Å². The van der Waals surface area contributed by atoms with Gasteiger partial charge in [0, 0.05) is 12.2 Å². The number of nitrogens with two attached hydrogens (primary N) is 1. The molecule has 0 aliphatic carbocycles. The minimum Gasteiger partial charge on any atom is -0.370 e. The van der Waals surface area contributed by atoms with E-state index in [0.717, 1.165) is 11.3 Å². The Morgan fingerprint density at radius 3 is 2.64 bits per heavy atom. The molecule has 0 aliphatic rings. The molecule has 0 atom stereocenters. The standard InChI is InChI=1S/C14H18N4O2S2/c1-11-4-6-12(7-5-11)18-14(15)16-8-9-17-22(19,20)13-3-2-10-21-13/h2-7,10,17H,8-9H2,1H3,(H3,15,16,18). The summed E-state index contributed by atoms with van der Waals surface area (Å²) in [5.41, 5.74) is 7.75. The molecule has 8 heteroatoms. The summed E-state index contributed by atoms with van der Waals surface area (Å²) in [6.45, 7) is 2.45. The fraction of sp³-hybridized carbons (Fsp3) is 0.214. The van der Waals surface area contributed by atoms with Crippen LogP contribution in [0.2, 0.25) is 0 Å². The molecule has 22 heavy (non-hydrogen) atoms. The number of sulfonamides is 1. The maximum absolute atomic E-state index is 11.9. The second-order valence-corrected chi connectivity index (χ2v) is 7.53. The lowest BCUT2D eigenvalue weighted by Gasteiger charge is -2.06. The molecule has 0 aliphatic heterocycles. The summed E-state index contributed by atoms with van der Waals surface area (Å²) in [5, 5.41) is 4.67. The molecule has 6 nitrogen and oxygen atoms in total. The fourth-order valence-electron chi connectivity index (χ4n) is 1.67. The first kappa shape index (κ1) is 16.5. The average molecular weight is 338 g/mol. The van der Waals surface area contributed by atoms with Crippen LogP contribution < -0.4 is 15.8 Å². The van der Waals surface area contributed by atoms with Gasteiger partial charge in [0.05, 0.1) is 6.54 Å². The molecular formula is C14H18N4O2S2. The van der Waals surface area contributed by atoms with E-state index in [9.17, 15) is 8.42 Å². The van der Waals surface area contributed by atoms with Crippen molar-refractivity contribution in [3.63, 3.8) is 0 Å². The van der Waals surface area contributed by atoms with Crippen LogP contribution in [0, 0.1) is 6.92 Å². The molecule has 0 saturated carbocycles. The van der Waals surface area contributed by atoms with Gasteiger partial charge in [0.25, 0.3) is 0 Å². The number of nitrogens with zero attached hydrogens (tertiary/aromatic N) is 1. The summed E-state index contributed by atoms with van der Waals surface area (Å²) in [4.78, 5) is 4.09. The molecule has 0 bridgehead atoms. The van der Waals surface area contributed by atoms with Crippen molar-refractivity contribution in [3.05, 3.63) is 47.3 Å². The molecule has 1 heterocycles. The van der Waals surface area contributed by atoms with Crippen molar-refractivity contribution in [3.8, 4) is 0 Å². The number of guanidine groups is 1. The van der Waals surface area contributed by atoms with Gasteiger partial charge >= 0.3 is 0 Å². The third-order valence-electron chi connectivity index (χ3n) is 2.77. The zero-order chi connectivity index (χ0) is 16.0. The largest absolute Gasteiger partial charge is 0.370 e. The first-order chi connectivity index (χ1) is 10.5. The highest BCUT2D eigenvalue weighted by Crippen LogP contribution is 2.14. The van der Waals surface area contributed by atoms with Gasteiger partial charge in [-0.2, -0.15) is 0 Å². The number of nitrogens with one attached hydrogen (secondary N) is 2. The highest BCUT2D eigenvalue weighted by Gasteiger charge is 2.13. The van der Waals surface area contributed by atoms with Gasteiger partial charge in [0.15, 0.2) is 5.96 Å². The molecule has 0 spiro atoms. The fourth-order valence-corrected chi connectivity index (χ4v) is 3.73. The van der Waals surface area contributed by atoms with Crippen molar-refractivity contribution in [1.29, 1.82) is 0 Å². The molecule has 4 N–H and O–H groups in total. The Morgan fingerprint density at radius 2 is 2.00 bits per heavy atom. The van der Waals surface area contributed by atoms with Crippen molar-refractivity contribution in [2.45, 2.75) is 11.1 Å². The predicted molar refractivity (Wildman–Crippen MR) is 90.8 cm³/mol. The van der Waals surface area contributed by atoms with E-state index in [4.69, 9.17) is 5.73 Å². The molecule has 2 aromatic rings. The second kappa shape index (κ2) is 7.39. The Labute approximate surface area is 134 Å². The number of aryl methyl sites for hydroxylation is 1. The van der Waals surface area contributed by atoms with Gasteiger partial charge in [-0.1, -0.05) is 23.8 Å². The minimum absolute atomic E-state index is 0.191. The van der Waals surface area contributed by atoms with Crippen LogP contribution in [0.4, 0.5) is 5.69 Å². The van der Waals surface area contributed by atoms with E-state index in [1.165, 1.54) is 11.3 Å². The highest BCUT2D eigenvalue weighted by molar-refractivity contribution is 7.91. The predicted octanol–water partition coefficient (Wildman–Crippen LogP) is 1.76. The van der Waals surface area contributed by atoms with Crippen LogP contribution in [-0.2, 0) is 10.0 Å². The number of hydrogen-bond donors (Lipinski definition) is 3. The third kappa shape index (κ3) is 4.83. The number of rotatable bonds is 6. The first-order valence-electron chi connectivity index (χ1n) is 6.64. The van der Waals surface area contributed by atoms with Gasteiger partial charge in [0.2, 0.25) is 10.0 Å². The van der Waals surface area contributed by atoms with E-state index in [1.54, 1.807) is 17.5 Å². The van der Waals surface area contributed by atoms with E-state index in [2.05, 4.69) is 15.0 Å². The van der Waals surface area contributed by atoms with Crippen LogP contribution in [0.1, 0.15) is 5.56 Å². The second-order valence-electron chi connectivity index (χ2n) is 4.59. The zero-order valence-electron chi connectivity index (χ0n) is 12.1. The molecule has 1 aromatic heterocycles. The summed E-state index contributed by atoms with van der Waals surface area (Å²) in [6, 6.07) is 11.0. The molecular weight excluding hydrogens is 320 g/mol. The SMILES string of the molecule is Cc1ccc(NC(N)=NCCNS(=O)(=O)c2cccs2)cc1. The van der Waals surface area contributed by atoms with Gasteiger partial charge in [-0.3, -0.25) is 4.99 Å². The number of anilines is 1. The van der Waals surface area contributed by atoms with Crippen molar-refractivity contribution < 1.29 is 8.42 Å². The summed E-state index contributed by atoms with van der Waals surface area (Å²) in [5.74, 6) is 0.249. The van der Waals surface area contributed by atoms with E-state index in [0.29, 0.717) is 4.21 Å². The summed E-state index contributed by atoms with van der Waals surface area (Å²) in [7, 11) is -3.44. The maximum Gasteiger partial charge on any atom is 0.250 e. The third-order valence-corrected chi connectivity index (χ3v) is 5.63. The summed E-state index contributed by atoms with van der Waals surface area (Å²) < 4.78 is 26.5. The molecule has 0 amide bonds. The Hall–Kier alpha value is -1.90. The van der Waals surface area contributed by atoms with Crippen molar-refractivity contribution >= 4 is 33.0 Å². The number of aliphatic imine (C=N–C) groups is 1. The van der Waals surface area contributed by atoms with Crippen molar-refractivity contribution in [2.24, 2.45) is 10.7 Å². The van der Waals surface area contributed by atoms with Crippen LogP contribution in [0.15, 0.2) is 51.0 Å². The molecule has 1 aromatic carbocycles. The zero-order valence-corrected chi connectivity index (χ0v) is 13.7. The smallest absolute Gasteiger partial charge is 0.250 e. The highest BCUT2D eigenvalue weighted by atomic mass is 32.2. The van der Waals surface area contributed by atoms with Crippen LogP contribution >= 0.6 is 11.3 Å². The quantitative estimate of drug-likeness (QED) is 0.425. The van der Waals surface area contributed by atoms with E-state index in [-0.39, 0.29) is 19.0 Å². The molecule has 2 rings (SSSR count). The molecule has 0 unspecified atom stereocenters. The van der Waals surface area contributed by atoms with E-state index in [1.807, 2.05) is 31.2 Å². The number of hydrogen-bond acceptors (Lipinski definition) is 4. The monoisotopic (exact) mass is 338 g/mol. The van der Waals surface area contributed by atoms with Gasteiger partial charge in [-0.25, -0.2) is 13.1 Å². The van der Waals surface area contributed by atoms with E-state index < -0.39 is 10.0 Å². The number of thiophene rings is 1. The molecule has 0 radical (unpaired) electrons. The Kier molecular flexibility index (Phi) is 5.53. The Bertz CT molecular complexity index is 723. The lowest BCUT2D eigenvalue weighted by molar-refractivity contribution is 0.584. The summed E-state index contributed by atoms with van der Waals surface area (Å²) >= 11 is 1.17. The van der Waals surface area contributed by atoms with E-state index >= 15 is 0 Å². The summed E-state index contributed by atoms with van der Waals surface area (Å²) in [6.07, 6.45) is 0. The molecule has 0 saturated heterocycles. The average Bonchev–Trinajstić information content (AvgIpc) is 3.01. The van der Waals surface area contributed by atoms with Crippen LogP contribution in [0.3, 0.4) is 0 Å². The Balaban J connectivity index is 1.81. The first-order valence-corrected chi connectivity index (χ1v) is 9.00. The maximum atomic E-state index is 11.9. The van der Waals surface area contributed by atoms with Crippen LogP contribution in [0.5, 0.6) is 0 Å². The van der Waals surface area contributed by atoms with Crippen molar-refractivity contribution in [2.75, 3.05) is 18.4 Å². The van der Waals surface area contributed by atoms with Gasteiger partial charge in [0.1, 0.15) is 4.21 Å². The number of benzene rings is 1. The lowest BCUT2D eigenvalue weighted by atomic mass is 10.2. The van der Waals surface area contributed by atoms with Gasteiger partial charge in [-0.05, 0) is 30.5 Å². The van der Waals surface area contributed by atoms with Gasteiger partial charge in [-0.15, -0.1) is 11.3 Å². The normalized spacial score (nSPS) is 12.3. The van der Waals surface area contributed by atoms with Crippen LogP contribution in [-0.4, -0.2) is 27.5 Å². The molecule has 0 fully saturated rings. The van der Waals surface area contributed by atoms with Crippen molar-refractivity contribution in [1.82, 2.24) is 4.72 Å². The minimum atomic E-state index is -3.44. The molecule has 118 valence electrons. The Morgan fingerprint density at radius 1 is 1.27 bits per heavy atom. The topological polar surface area (TPSA) is 96.6 Å². The van der Waals surface area contributed by atoms with Crippen LogP contribution in [0.25, 0.3) is 0 Å².